The SMILES string of the molecule is C=CC(=O)N(CC)CC(=O)Nc1ccc(N(C)C(=O)NC)cc1. The van der Waals surface area contributed by atoms with Gasteiger partial charge in [-0.1, -0.05) is 6.58 Å². The quantitative estimate of drug-likeness (QED) is 0.779. The van der Waals surface area contributed by atoms with Crippen LogP contribution in [0.4, 0.5) is 16.2 Å². The number of anilines is 2. The second-order valence-electron chi connectivity index (χ2n) is 4.77. The van der Waals surface area contributed by atoms with Crippen LogP contribution in [0.2, 0.25) is 0 Å². The lowest BCUT2D eigenvalue weighted by molar-refractivity contribution is -0.130. The summed E-state index contributed by atoms with van der Waals surface area (Å²) in [6, 6.07) is 6.59. The lowest BCUT2D eigenvalue weighted by Gasteiger charge is -2.19. The van der Waals surface area contributed by atoms with E-state index in [0.29, 0.717) is 17.9 Å². The fourth-order valence-corrected chi connectivity index (χ4v) is 1.90. The normalized spacial score (nSPS) is 9.70. The number of hydrogen-bond acceptors (Lipinski definition) is 3. The van der Waals surface area contributed by atoms with Crippen LogP contribution in [0.1, 0.15) is 6.92 Å². The Morgan fingerprint density at radius 3 is 2.30 bits per heavy atom. The Morgan fingerprint density at radius 2 is 1.83 bits per heavy atom. The van der Waals surface area contributed by atoms with Crippen molar-refractivity contribution in [3.05, 3.63) is 36.9 Å². The van der Waals surface area contributed by atoms with Gasteiger partial charge in [-0.25, -0.2) is 4.79 Å². The fraction of sp³-hybridized carbons (Fsp3) is 0.312. The first-order valence-corrected chi connectivity index (χ1v) is 7.19. The molecular weight excluding hydrogens is 296 g/mol. The molecule has 1 aromatic carbocycles. The van der Waals surface area contributed by atoms with Crippen LogP contribution in [0.3, 0.4) is 0 Å². The van der Waals surface area contributed by atoms with Crippen molar-refractivity contribution in [3.8, 4) is 0 Å². The summed E-state index contributed by atoms with van der Waals surface area (Å²) < 4.78 is 0. The van der Waals surface area contributed by atoms with E-state index in [0.717, 1.165) is 0 Å². The topological polar surface area (TPSA) is 81.8 Å². The molecule has 0 saturated heterocycles. The van der Waals surface area contributed by atoms with E-state index in [4.69, 9.17) is 0 Å². The Bertz CT molecular complexity index is 583. The highest BCUT2D eigenvalue weighted by molar-refractivity contribution is 5.97. The van der Waals surface area contributed by atoms with E-state index in [1.165, 1.54) is 15.9 Å². The van der Waals surface area contributed by atoms with Crippen molar-refractivity contribution in [2.75, 3.05) is 37.4 Å². The highest BCUT2D eigenvalue weighted by Gasteiger charge is 2.13. The van der Waals surface area contributed by atoms with Crippen LogP contribution < -0.4 is 15.5 Å². The average Bonchev–Trinajstić information content (AvgIpc) is 2.58. The number of likely N-dealkylation sites (N-methyl/N-ethyl adjacent to an activating group) is 1. The van der Waals surface area contributed by atoms with Crippen molar-refractivity contribution in [2.24, 2.45) is 0 Å². The van der Waals surface area contributed by atoms with Gasteiger partial charge < -0.3 is 15.5 Å². The largest absolute Gasteiger partial charge is 0.341 e. The molecule has 0 aliphatic rings. The zero-order chi connectivity index (χ0) is 17.4. The molecule has 0 saturated carbocycles. The van der Waals surface area contributed by atoms with Crippen molar-refractivity contribution in [3.63, 3.8) is 0 Å². The number of nitrogens with zero attached hydrogens (tertiary/aromatic N) is 2. The van der Waals surface area contributed by atoms with Crippen LogP contribution in [0.15, 0.2) is 36.9 Å². The number of carbonyl (C=O) groups excluding carboxylic acids is 3. The van der Waals surface area contributed by atoms with Crippen molar-refractivity contribution in [1.29, 1.82) is 0 Å². The lowest BCUT2D eigenvalue weighted by atomic mass is 10.2. The third-order valence-electron chi connectivity index (χ3n) is 3.26. The lowest BCUT2D eigenvalue weighted by Crippen LogP contribution is -2.36. The third kappa shape index (κ3) is 5.14. The Kier molecular flexibility index (Phi) is 6.79. The minimum Gasteiger partial charge on any atom is -0.341 e. The van der Waals surface area contributed by atoms with Crippen molar-refractivity contribution >= 4 is 29.2 Å². The first-order valence-electron chi connectivity index (χ1n) is 7.19. The van der Waals surface area contributed by atoms with Gasteiger partial charge in [-0.2, -0.15) is 0 Å². The molecular formula is C16H22N4O3. The fourth-order valence-electron chi connectivity index (χ4n) is 1.90. The van der Waals surface area contributed by atoms with Crippen LogP contribution in [-0.2, 0) is 9.59 Å². The molecule has 0 aliphatic heterocycles. The van der Waals surface area contributed by atoms with Crippen molar-refractivity contribution < 1.29 is 14.4 Å². The molecule has 0 unspecified atom stereocenters. The number of benzene rings is 1. The maximum absolute atomic E-state index is 12.0. The van der Waals surface area contributed by atoms with Gasteiger partial charge in [0.2, 0.25) is 11.8 Å². The van der Waals surface area contributed by atoms with Gasteiger partial charge in [0.15, 0.2) is 0 Å². The number of urea groups is 1. The van der Waals surface area contributed by atoms with Crippen LogP contribution in [0.25, 0.3) is 0 Å². The van der Waals surface area contributed by atoms with Crippen LogP contribution in [0.5, 0.6) is 0 Å². The standard InChI is InChI=1S/C16H22N4O3/c1-5-15(22)20(6-2)11-14(21)18-12-7-9-13(10-8-12)19(4)16(23)17-3/h5,7-10H,1,6,11H2,2-4H3,(H,17,23)(H,18,21). The first-order chi connectivity index (χ1) is 10.9. The molecule has 0 aromatic heterocycles. The molecule has 4 amide bonds. The van der Waals surface area contributed by atoms with Gasteiger partial charge in [-0.05, 0) is 37.3 Å². The predicted molar refractivity (Wildman–Crippen MR) is 90.4 cm³/mol. The van der Waals surface area contributed by atoms with Crippen LogP contribution >= 0.6 is 0 Å². The molecule has 1 rings (SSSR count). The van der Waals surface area contributed by atoms with Gasteiger partial charge in [0.25, 0.3) is 0 Å². The summed E-state index contributed by atoms with van der Waals surface area (Å²) in [7, 11) is 3.20. The van der Waals surface area contributed by atoms with E-state index in [9.17, 15) is 14.4 Å². The molecule has 0 aliphatic carbocycles. The first kappa shape index (κ1) is 18.2. The highest BCUT2D eigenvalue weighted by Crippen LogP contribution is 2.16. The number of amides is 4. The Hall–Kier alpha value is -2.83. The summed E-state index contributed by atoms with van der Waals surface area (Å²) in [5.74, 6) is -0.584. The van der Waals surface area contributed by atoms with E-state index >= 15 is 0 Å². The average molecular weight is 318 g/mol. The maximum Gasteiger partial charge on any atom is 0.321 e. The summed E-state index contributed by atoms with van der Waals surface area (Å²) in [5.41, 5.74) is 1.28. The zero-order valence-corrected chi connectivity index (χ0v) is 13.6. The van der Waals surface area contributed by atoms with Gasteiger partial charge in [0, 0.05) is 32.0 Å². The number of hydrogen-bond donors (Lipinski definition) is 2. The monoisotopic (exact) mass is 318 g/mol. The smallest absolute Gasteiger partial charge is 0.321 e. The van der Waals surface area contributed by atoms with Gasteiger partial charge in [-0.15, -0.1) is 0 Å². The van der Waals surface area contributed by atoms with Gasteiger partial charge in [0.1, 0.15) is 6.54 Å². The summed E-state index contributed by atoms with van der Waals surface area (Å²) in [4.78, 5) is 37.8. The Morgan fingerprint density at radius 1 is 1.22 bits per heavy atom. The summed E-state index contributed by atoms with van der Waals surface area (Å²) >= 11 is 0. The number of carbonyl (C=O) groups is 3. The van der Waals surface area contributed by atoms with E-state index in [1.54, 1.807) is 45.3 Å². The Balaban J connectivity index is 2.67. The maximum atomic E-state index is 12.0. The molecule has 0 bridgehead atoms. The minimum absolute atomic E-state index is 0.0404. The van der Waals surface area contributed by atoms with Gasteiger partial charge in [0.05, 0.1) is 0 Å². The van der Waals surface area contributed by atoms with Crippen molar-refractivity contribution in [1.82, 2.24) is 10.2 Å². The second-order valence-corrected chi connectivity index (χ2v) is 4.77. The molecule has 0 heterocycles. The Labute approximate surface area is 135 Å². The molecule has 2 N–H and O–H groups in total. The van der Waals surface area contributed by atoms with E-state index < -0.39 is 0 Å². The number of nitrogens with one attached hydrogen (secondary N) is 2. The van der Waals surface area contributed by atoms with Crippen LogP contribution in [0, 0.1) is 0 Å². The molecule has 7 heteroatoms. The molecule has 0 radical (unpaired) electrons. The third-order valence-corrected chi connectivity index (χ3v) is 3.26. The molecule has 7 nitrogen and oxygen atoms in total. The van der Waals surface area contributed by atoms with Gasteiger partial charge >= 0.3 is 6.03 Å². The van der Waals surface area contributed by atoms with E-state index in [2.05, 4.69) is 17.2 Å². The summed E-state index contributed by atoms with van der Waals surface area (Å²) in [6.45, 7) is 5.58. The van der Waals surface area contributed by atoms with Gasteiger partial charge in [-0.3, -0.25) is 14.5 Å². The molecule has 0 fully saturated rings. The highest BCUT2D eigenvalue weighted by atomic mass is 16.2. The molecule has 0 spiro atoms. The minimum atomic E-state index is -0.297. The molecule has 23 heavy (non-hydrogen) atoms. The van der Waals surface area contributed by atoms with Crippen molar-refractivity contribution in [2.45, 2.75) is 6.92 Å². The second kappa shape index (κ2) is 8.57. The van der Waals surface area contributed by atoms with E-state index in [1.807, 2.05) is 0 Å². The van der Waals surface area contributed by atoms with E-state index in [-0.39, 0.29) is 24.4 Å². The molecule has 1 aromatic rings. The molecule has 124 valence electrons. The summed E-state index contributed by atoms with van der Waals surface area (Å²) in [6.07, 6.45) is 1.18. The molecule has 0 atom stereocenters. The number of rotatable bonds is 6. The predicted octanol–water partition coefficient (Wildman–Crippen LogP) is 1.44. The van der Waals surface area contributed by atoms with Crippen LogP contribution in [-0.4, -0.2) is 49.9 Å². The summed E-state index contributed by atoms with van der Waals surface area (Å²) in [5, 5.41) is 5.23. The zero-order valence-electron chi connectivity index (χ0n) is 13.6.